The standard InChI is InChI=1S/C32H26N2O6/c1-20-10-9-15-24(18-20)33-30(35)27-28(34(40-29(27)31(33)36)23-13-7-4-8-14-23)22-16-17-25(26(19-22)38-2)39-32(37)21-11-5-3-6-12-21/h3-19,27-29H,1-2H3. The lowest BCUT2D eigenvalue weighted by atomic mass is 9.90. The molecule has 0 bridgehead atoms. The molecule has 2 saturated heterocycles. The largest absolute Gasteiger partial charge is 0.493 e. The number of carbonyl (C=O) groups excluding carboxylic acids is 3. The second-order valence-electron chi connectivity index (χ2n) is 9.67. The fourth-order valence-corrected chi connectivity index (χ4v) is 5.26. The number of benzene rings is 4. The van der Waals surface area contributed by atoms with Crippen LogP contribution >= 0.6 is 0 Å². The Labute approximate surface area is 231 Å². The zero-order chi connectivity index (χ0) is 27.8. The van der Waals surface area contributed by atoms with E-state index in [0.29, 0.717) is 28.3 Å². The molecule has 0 radical (unpaired) electrons. The molecule has 3 atom stereocenters. The highest BCUT2D eigenvalue weighted by Gasteiger charge is 2.60. The second kappa shape index (κ2) is 10.3. The van der Waals surface area contributed by atoms with Crippen LogP contribution in [0.1, 0.15) is 27.5 Å². The van der Waals surface area contributed by atoms with Crippen molar-refractivity contribution >= 4 is 29.2 Å². The Hall–Kier alpha value is -4.95. The van der Waals surface area contributed by atoms with Crippen LogP contribution in [-0.2, 0) is 14.4 Å². The number of fused-ring (bicyclic) bond motifs is 1. The van der Waals surface area contributed by atoms with Gasteiger partial charge in [0, 0.05) is 0 Å². The van der Waals surface area contributed by atoms with Crippen LogP contribution in [0.5, 0.6) is 11.5 Å². The zero-order valence-electron chi connectivity index (χ0n) is 21.9. The minimum Gasteiger partial charge on any atom is -0.493 e. The molecule has 0 aromatic heterocycles. The molecular weight excluding hydrogens is 508 g/mol. The van der Waals surface area contributed by atoms with Crippen molar-refractivity contribution in [2.45, 2.75) is 19.1 Å². The van der Waals surface area contributed by atoms with Gasteiger partial charge in [-0.3, -0.25) is 14.4 Å². The Morgan fingerprint density at radius 3 is 2.17 bits per heavy atom. The average molecular weight is 535 g/mol. The smallest absolute Gasteiger partial charge is 0.343 e. The molecule has 8 nitrogen and oxygen atoms in total. The maximum Gasteiger partial charge on any atom is 0.343 e. The highest BCUT2D eigenvalue weighted by atomic mass is 16.7. The van der Waals surface area contributed by atoms with Gasteiger partial charge >= 0.3 is 5.97 Å². The van der Waals surface area contributed by atoms with Gasteiger partial charge in [-0.25, -0.2) is 14.8 Å². The number of ether oxygens (including phenoxy) is 2. The van der Waals surface area contributed by atoms with Crippen LogP contribution in [0, 0.1) is 12.8 Å². The Kier molecular flexibility index (Phi) is 6.53. The van der Waals surface area contributed by atoms with Gasteiger partial charge in [0.15, 0.2) is 17.6 Å². The minimum atomic E-state index is -1.00. The first-order valence-corrected chi connectivity index (χ1v) is 12.9. The number of nitrogens with zero attached hydrogens (tertiary/aromatic N) is 2. The van der Waals surface area contributed by atoms with E-state index in [0.717, 1.165) is 5.56 Å². The molecule has 3 unspecified atom stereocenters. The molecule has 2 heterocycles. The predicted octanol–water partition coefficient (Wildman–Crippen LogP) is 5.27. The molecule has 4 aromatic rings. The number of imide groups is 1. The first kappa shape index (κ1) is 25.3. The van der Waals surface area contributed by atoms with Gasteiger partial charge in [0.05, 0.1) is 30.1 Å². The molecule has 8 heteroatoms. The molecule has 2 amide bonds. The van der Waals surface area contributed by atoms with Crippen molar-refractivity contribution in [2.24, 2.45) is 5.92 Å². The molecule has 200 valence electrons. The molecule has 0 aliphatic carbocycles. The van der Waals surface area contributed by atoms with Crippen LogP contribution in [-0.4, -0.2) is 31.0 Å². The first-order chi connectivity index (χ1) is 19.5. The Balaban J connectivity index is 1.38. The van der Waals surface area contributed by atoms with Gasteiger partial charge in [-0.2, -0.15) is 0 Å². The van der Waals surface area contributed by atoms with Crippen LogP contribution < -0.4 is 19.4 Å². The van der Waals surface area contributed by atoms with Gasteiger partial charge < -0.3 is 9.47 Å². The third-order valence-electron chi connectivity index (χ3n) is 7.13. The van der Waals surface area contributed by atoms with E-state index in [2.05, 4.69) is 0 Å². The van der Waals surface area contributed by atoms with Gasteiger partial charge in [-0.15, -0.1) is 0 Å². The third-order valence-corrected chi connectivity index (χ3v) is 7.13. The van der Waals surface area contributed by atoms with E-state index in [4.69, 9.17) is 14.3 Å². The van der Waals surface area contributed by atoms with Gasteiger partial charge in [-0.1, -0.05) is 54.6 Å². The quantitative estimate of drug-likeness (QED) is 0.189. The average Bonchev–Trinajstić information content (AvgIpc) is 3.49. The predicted molar refractivity (Wildman–Crippen MR) is 148 cm³/mol. The fourth-order valence-electron chi connectivity index (χ4n) is 5.26. The summed E-state index contributed by atoms with van der Waals surface area (Å²) in [6.45, 7) is 1.91. The molecule has 2 fully saturated rings. The van der Waals surface area contributed by atoms with E-state index in [1.54, 1.807) is 59.7 Å². The summed E-state index contributed by atoms with van der Waals surface area (Å²) in [4.78, 5) is 47.6. The first-order valence-electron chi connectivity index (χ1n) is 12.9. The Morgan fingerprint density at radius 1 is 0.775 bits per heavy atom. The van der Waals surface area contributed by atoms with Crippen molar-refractivity contribution in [1.82, 2.24) is 0 Å². The normalized spacial score (nSPS) is 20.0. The van der Waals surface area contributed by atoms with E-state index in [1.807, 2.05) is 55.5 Å². The van der Waals surface area contributed by atoms with Crippen molar-refractivity contribution in [3.63, 3.8) is 0 Å². The fraction of sp³-hybridized carbons (Fsp3) is 0.156. The van der Waals surface area contributed by atoms with Crippen molar-refractivity contribution in [3.05, 3.63) is 120 Å². The van der Waals surface area contributed by atoms with Gasteiger partial charge in [0.25, 0.3) is 5.91 Å². The number of aryl methyl sites for hydroxylation is 1. The summed E-state index contributed by atoms with van der Waals surface area (Å²) in [5.41, 5.74) is 3.22. The highest BCUT2D eigenvalue weighted by Crippen LogP contribution is 2.48. The summed E-state index contributed by atoms with van der Waals surface area (Å²) in [6.07, 6.45) is -1.00. The SMILES string of the molecule is COc1cc(C2C3C(=O)N(c4cccc(C)c4)C(=O)C3ON2c2ccccc2)ccc1OC(=O)c1ccccc1. The van der Waals surface area contributed by atoms with Crippen molar-refractivity contribution in [2.75, 3.05) is 17.1 Å². The number of rotatable bonds is 6. The molecule has 0 spiro atoms. The zero-order valence-corrected chi connectivity index (χ0v) is 21.9. The van der Waals surface area contributed by atoms with E-state index in [1.165, 1.54) is 12.0 Å². The van der Waals surface area contributed by atoms with E-state index < -0.39 is 29.9 Å². The van der Waals surface area contributed by atoms with Crippen molar-refractivity contribution in [3.8, 4) is 11.5 Å². The molecular formula is C32H26N2O6. The Bertz CT molecular complexity index is 1590. The molecule has 6 rings (SSSR count). The summed E-state index contributed by atoms with van der Waals surface area (Å²) in [5, 5.41) is 1.61. The number of hydrogen-bond acceptors (Lipinski definition) is 7. The minimum absolute atomic E-state index is 0.233. The van der Waals surface area contributed by atoms with Crippen LogP contribution in [0.15, 0.2) is 103 Å². The summed E-state index contributed by atoms with van der Waals surface area (Å²) in [7, 11) is 1.48. The maximum absolute atomic E-state index is 13.9. The van der Waals surface area contributed by atoms with E-state index in [9.17, 15) is 14.4 Å². The number of para-hydroxylation sites is 1. The number of methoxy groups -OCH3 is 1. The molecule has 40 heavy (non-hydrogen) atoms. The van der Waals surface area contributed by atoms with Crippen molar-refractivity contribution in [1.29, 1.82) is 0 Å². The lowest BCUT2D eigenvalue weighted by Crippen LogP contribution is -2.37. The van der Waals surface area contributed by atoms with E-state index >= 15 is 0 Å². The second-order valence-corrected chi connectivity index (χ2v) is 9.67. The summed E-state index contributed by atoms with van der Waals surface area (Å²) < 4.78 is 11.2. The van der Waals surface area contributed by atoms with Gasteiger partial charge in [0.1, 0.15) is 5.92 Å². The lowest BCUT2D eigenvalue weighted by Gasteiger charge is -2.29. The van der Waals surface area contributed by atoms with E-state index in [-0.39, 0.29) is 11.7 Å². The number of hydroxylamine groups is 1. The summed E-state index contributed by atoms with van der Waals surface area (Å²) >= 11 is 0. The topological polar surface area (TPSA) is 85.4 Å². The summed E-state index contributed by atoms with van der Waals surface area (Å²) in [6, 6.07) is 29.7. The van der Waals surface area contributed by atoms with Crippen LogP contribution in [0.25, 0.3) is 0 Å². The highest BCUT2D eigenvalue weighted by molar-refractivity contribution is 6.24. The molecule has 4 aromatic carbocycles. The molecule has 0 N–H and O–H groups in total. The van der Waals surface area contributed by atoms with Gasteiger partial charge in [-0.05, 0) is 66.6 Å². The number of amides is 2. The Morgan fingerprint density at radius 2 is 1.48 bits per heavy atom. The third kappa shape index (κ3) is 4.38. The molecule has 0 saturated carbocycles. The molecule has 2 aliphatic rings. The van der Waals surface area contributed by atoms with Crippen LogP contribution in [0.4, 0.5) is 11.4 Å². The van der Waals surface area contributed by atoms with Crippen molar-refractivity contribution < 1.29 is 28.7 Å². The maximum atomic E-state index is 13.9. The number of anilines is 2. The molecule has 2 aliphatic heterocycles. The van der Waals surface area contributed by atoms with Gasteiger partial charge in [0.2, 0.25) is 5.91 Å². The number of carbonyl (C=O) groups is 3. The lowest BCUT2D eigenvalue weighted by molar-refractivity contribution is -0.126. The van der Waals surface area contributed by atoms with Crippen LogP contribution in [0.3, 0.4) is 0 Å². The monoisotopic (exact) mass is 534 g/mol. The summed E-state index contributed by atoms with van der Waals surface area (Å²) in [5.74, 6) is -1.54. The number of esters is 1. The van der Waals surface area contributed by atoms with Crippen LogP contribution in [0.2, 0.25) is 0 Å². The number of hydrogen-bond donors (Lipinski definition) is 0.